The third-order valence-corrected chi connectivity index (χ3v) is 4.58. The molecule has 122 valence electrons. The van der Waals surface area contributed by atoms with Crippen molar-refractivity contribution < 1.29 is 9.53 Å². The molecule has 0 radical (unpaired) electrons. The quantitative estimate of drug-likeness (QED) is 0.891. The van der Waals surface area contributed by atoms with Crippen molar-refractivity contribution in [1.29, 1.82) is 0 Å². The smallest absolute Gasteiger partial charge is 0.227 e. The lowest BCUT2D eigenvalue weighted by Gasteiger charge is -2.18. The minimum absolute atomic E-state index is 0. The summed E-state index contributed by atoms with van der Waals surface area (Å²) >= 11 is 0. The van der Waals surface area contributed by atoms with Gasteiger partial charge in [-0.1, -0.05) is 12.1 Å². The fourth-order valence-electron chi connectivity index (χ4n) is 3.35. The van der Waals surface area contributed by atoms with E-state index in [1.807, 2.05) is 24.3 Å². The van der Waals surface area contributed by atoms with Crippen LogP contribution in [0.4, 0.5) is 5.69 Å². The summed E-state index contributed by atoms with van der Waals surface area (Å²) in [6.07, 6.45) is 7.61. The molecule has 0 aromatic heterocycles. The average molecular weight is 325 g/mol. The molecule has 2 unspecified atom stereocenters. The van der Waals surface area contributed by atoms with Gasteiger partial charge in [-0.05, 0) is 57.1 Å². The lowest BCUT2D eigenvalue weighted by Crippen LogP contribution is -2.23. The van der Waals surface area contributed by atoms with E-state index in [1.165, 1.54) is 12.8 Å². The standard InChI is InChI=1S/C17H24N2O2.ClH/c18-13-10-9-12(11-13)17(20)19-15-7-3-4-8-16(15)21-14-5-1-2-6-14;/h3-4,7-8,12-14H,1-2,5-6,9-11,18H2,(H,19,20);1H. The largest absolute Gasteiger partial charge is 0.488 e. The number of ether oxygens (including phenoxy) is 1. The van der Waals surface area contributed by atoms with Gasteiger partial charge >= 0.3 is 0 Å². The maximum absolute atomic E-state index is 12.3. The SMILES string of the molecule is Cl.NC1CCC(C(=O)Nc2ccccc2OC2CCCC2)C1. The summed E-state index contributed by atoms with van der Waals surface area (Å²) < 4.78 is 6.05. The van der Waals surface area contributed by atoms with Crippen LogP contribution in [0.5, 0.6) is 5.75 Å². The van der Waals surface area contributed by atoms with Crippen molar-refractivity contribution in [2.45, 2.75) is 57.1 Å². The molecule has 1 amide bonds. The van der Waals surface area contributed by atoms with Crippen LogP contribution in [0.2, 0.25) is 0 Å². The molecule has 0 heterocycles. The number of hydrogen-bond acceptors (Lipinski definition) is 3. The number of para-hydroxylation sites is 2. The zero-order chi connectivity index (χ0) is 14.7. The van der Waals surface area contributed by atoms with Gasteiger partial charge in [-0.15, -0.1) is 12.4 Å². The molecule has 2 fully saturated rings. The molecule has 3 N–H and O–H groups in total. The maximum atomic E-state index is 12.3. The molecule has 2 aliphatic rings. The first-order chi connectivity index (χ1) is 10.2. The first kappa shape index (κ1) is 17.1. The Morgan fingerprint density at radius 1 is 1.14 bits per heavy atom. The topological polar surface area (TPSA) is 64.4 Å². The van der Waals surface area contributed by atoms with Crippen molar-refractivity contribution in [2.75, 3.05) is 5.32 Å². The zero-order valence-corrected chi connectivity index (χ0v) is 13.6. The minimum atomic E-state index is 0. The Bertz CT molecular complexity index is 503. The Morgan fingerprint density at radius 2 is 1.86 bits per heavy atom. The van der Waals surface area contributed by atoms with E-state index < -0.39 is 0 Å². The molecular weight excluding hydrogens is 300 g/mol. The molecule has 0 spiro atoms. The van der Waals surface area contributed by atoms with Crippen LogP contribution in [-0.4, -0.2) is 18.1 Å². The summed E-state index contributed by atoms with van der Waals surface area (Å²) in [7, 11) is 0. The van der Waals surface area contributed by atoms with E-state index >= 15 is 0 Å². The van der Waals surface area contributed by atoms with Crippen LogP contribution < -0.4 is 15.8 Å². The summed E-state index contributed by atoms with van der Waals surface area (Å²) in [5.41, 5.74) is 6.68. The van der Waals surface area contributed by atoms with E-state index in [0.717, 1.165) is 43.5 Å². The molecule has 2 saturated carbocycles. The van der Waals surface area contributed by atoms with Gasteiger partial charge in [0.2, 0.25) is 5.91 Å². The first-order valence-corrected chi connectivity index (χ1v) is 8.04. The van der Waals surface area contributed by atoms with E-state index in [2.05, 4.69) is 5.32 Å². The van der Waals surface area contributed by atoms with Crippen molar-refractivity contribution in [3.63, 3.8) is 0 Å². The highest BCUT2D eigenvalue weighted by Gasteiger charge is 2.28. The number of anilines is 1. The zero-order valence-electron chi connectivity index (χ0n) is 12.8. The Labute approximate surface area is 138 Å². The highest BCUT2D eigenvalue weighted by molar-refractivity contribution is 5.94. The molecule has 22 heavy (non-hydrogen) atoms. The predicted molar refractivity (Wildman–Crippen MR) is 90.5 cm³/mol. The number of nitrogens with two attached hydrogens (primary N) is 1. The highest BCUT2D eigenvalue weighted by atomic mass is 35.5. The molecule has 0 aliphatic heterocycles. The number of carbonyl (C=O) groups excluding carboxylic acids is 1. The van der Waals surface area contributed by atoms with Gasteiger partial charge in [-0.2, -0.15) is 0 Å². The number of rotatable bonds is 4. The Balaban J connectivity index is 0.00000176. The number of amides is 1. The monoisotopic (exact) mass is 324 g/mol. The van der Waals surface area contributed by atoms with Crippen LogP contribution in [-0.2, 0) is 4.79 Å². The van der Waals surface area contributed by atoms with Gasteiger partial charge < -0.3 is 15.8 Å². The maximum Gasteiger partial charge on any atom is 0.227 e. The third-order valence-electron chi connectivity index (χ3n) is 4.58. The Morgan fingerprint density at radius 3 is 2.55 bits per heavy atom. The number of hydrogen-bond donors (Lipinski definition) is 2. The lowest BCUT2D eigenvalue weighted by atomic mass is 10.1. The lowest BCUT2D eigenvalue weighted by molar-refractivity contribution is -0.119. The van der Waals surface area contributed by atoms with Gasteiger partial charge in [-0.3, -0.25) is 4.79 Å². The first-order valence-electron chi connectivity index (χ1n) is 8.04. The van der Waals surface area contributed by atoms with Gasteiger partial charge in [0.15, 0.2) is 0 Å². The van der Waals surface area contributed by atoms with Crippen molar-refractivity contribution in [2.24, 2.45) is 11.7 Å². The van der Waals surface area contributed by atoms with Gasteiger partial charge in [0.25, 0.3) is 0 Å². The fraction of sp³-hybridized carbons (Fsp3) is 0.588. The van der Waals surface area contributed by atoms with Crippen molar-refractivity contribution in [1.82, 2.24) is 0 Å². The van der Waals surface area contributed by atoms with Gasteiger partial charge in [0, 0.05) is 12.0 Å². The van der Waals surface area contributed by atoms with Crippen molar-refractivity contribution in [3.05, 3.63) is 24.3 Å². The number of benzene rings is 1. The van der Waals surface area contributed by atoms with E-state index in [-0.39, 0.29) is 30.3 Å². The Kier molecular flexibility index (Phi) is 6.09. The van der Waals surface area contributed by atoms with E-state index in [9.17, 15) is 4.79 Å². The summed E-state index contributed by atoms with van der Waals surface area (Å²) in [5.74, 6) is 0.907. The molecule has 0 saturated heterocycles. The third kappa shape index (κ3) is 4.14. The fourth-order valence-corrected chi connectivity index (χ4v) is 3.35. The van der Waals surface area contributed by atoms with Crippen molar-refractivity contribution in [3.8, 4) is 5.75 Å². The summed E-state index contributed by atoms with van der Waals surface area (Å²) in [5, 5.41) is 3.03. The van der Waals surface area contributed by atoms with E-state index in [0.29, 0.717) is 6.10 Å². The van der Waals surface area contributed by atoms with Crippen LogP contribution in [0.15, 0.2) is 24.3 Å². The molecule has 1 aromatic rings. The Hall–Kier alpha value is -1.26. The van der Waals surface area contributed by atoms with Gasteiger partial charge in [0.05, 0.1) is 11.8 Å². The number of nitrogens with one attached hydrogen (secondary N) is 1. The number of carbonyl (C=O) groups is 1. The predicted octanol–water partition coefficient (Wildman–Crippen LogP) is 3.50. The average Bonchev–Trinajstić information content (AvgIpc) is 3.12. The van der Waals surface area contributed by atoms with Crippen LogP contribution in [0.25, 0.3) is 0 Å². The van der Waals surface area contributed by atoms with Crippen LogP contribution in [0, 0.1) is 5.92 Å². The summed E-state index contributed by atoms with van der Waals surface area (Å²) in [6, 6.07) is 7.90. The van der Waals surface area contributed by atoms with Crippen LogP contribution >= 0.6 is 12.4 Å². The van der Waals surface area contributed by atoms with Gasteiger partial charge in [-0.25, -0.2) is 0 Å². The highest BCUT2D eigenvalue weighted by Crippen LogP contribution is 2.31. The molecule has 1 aromatic carbocycles. The summed E-state index contributed by atoms with van der Waals surface area (Å²) in [4.78, 5) is 12.3. The van der Waals surface area contributed by atoms with Crippen molar-refractivity contribution >= 4 is 24.0 Å². The minimum Gasteiger partial charge on any atom is -0.488 e. The van der Waals surface area contributed by atoms with E-state index in [4.69, 9.17) is 10.5 Å². The van der Waals surface area contributed by atoms with Crippen LogP contribution in [0.1, 0.15) is 44.9 Å². The molecule has 2 atom stereocenters. The second kappa shape index (κ2) is 7.84. The molecule has 5 heteroatoms. The molecule has 0 bridgehead atoms. The van der Waals surface area contributed by atoms with Gasteiger partial charge in [0.1, 0.15) is 5.75 Å². The van der Waals surface area contributed by atoms with E-state index in [1.54, 1.807) is 0 Å². The molecule has 4 nitrogen and oxygen atoms in total. The normalized spacial score (nSPS) is 24.8. The molecule has 2 aliphatic carbocycles. The number of halogens is 1. The second-order valence-corrected chi connectivity index (χ2v) is 6.28. The second-order valence-electron chi connectivity index (χ2n) is 6.28. The molecule has 3 rings (SSSR count). The molecular formula is C17H25ClN2O2. The summed E-state index contributed by atoms with van der Waals surface area (Å²) in [6.45, 7) is 0. The van der Waals surface area contributed by atoms with Crippen LogP contribution in [0.3, 0.4) is 0 Å².